The fourth-order valence-corrected chi connectivity index (χ4v) is 2.44. The molecule has 0 unspecified atom stereocenters. The average Bonchev–Trinajstić information content (AvgIpc) is 2.57. The molecule has 0 spiro atoms. The molecule has 0 aromatic heterocycles. The zero-order valence-electron chi connectivity index (χ0n) is 15.4. The van der Waals surface area contributed by atoms with Crippen LogP contribution in [0.4, 0.5) is 0 Å². The van der Waals surface area contributed by atoms with Crippen LogP contribution in [0, 0.1) is 0 Å². The maximum absolute atomic E-state index is 11.0. The molecule has 0 atom stereocenters. The van der Waals surface area contributed by atoms with Gasteiger partial charge in [-0.1, -0.05) is 0 Å². The summed E-state index contributed by atoms with van der Waals surface area (Å²) >= 11 is 0. The first-order valence-electron chi connectivity index (χ1n) is 7.66. The van der Waals surface area contributed by atoms with E-state index in [1.165, 1.54) is 7.11 Å². The number of ether oxygens (including phenoxy) is 3. The lowest BCUT2D eigenvalue weighted by molar-refractivity contribution is 0.324. The number of hydrogen-bond acceptors (Lipinski definition) is 6. The zero-order valence-corrected chi connectivity index (χ0v) is 18.5. The molecule has 0 aliphatic carbocycles. The van der Waals surface area contributed by atoms with Gasteiger partial charge in [-0.05, 0) is 24.6 Å². The van der Waals surface area contributed by atoms with E-state index in [1.807, 2.05) is 6.92 Å². The average molecular weight is 502 g/mol. The molecular formula is C15H27IN4O5S. The molecule has 1 aromatic carbocycles. The molecule has 0 fully saturated rings. The molecule has 0 amide bonds. The molecule has 1 rings (SSSR count). The first-order valence-corrected chi connectivity index (χ1v) is 9.37. The third-order valence-electron chi connectivity index (χ3n) is 3.17. The van der Waals surface area contributed by atoms with Crippen LogP contribution >= 0.6 is 24.0 Å². The number of nitrogens with zero attached hydrogens (tertiary/aromatic N) is 1. The first-order chi connectivity index (χ1) is 11.8. The van der Waals surface area contributed by atoms with Crippen LogP contribution in [0.25, 0.3) is 0 Å². The maximum atomic E-state index is 11.0. The number of methoxy groups -OCH3 is 3. The van der Waals surface area contributed by atoms with E-state index >= 15 is 0 Å². The van der Waals surface area contributed by atoms with Crippen molar-refractivity contribution in [2.24, 2.45) is 10.1 Å². The van der Waals surface area contributed by atoms with Crippen LogP contribution in [0.2, 0.25) is 0 Å². The third-order valence-corrected chi connectivity index (χ3v) is 3.94. The summed E-state index contributed by atoms with van der Waals surface area (Å²) < 4.78 is 37.9. The second-order valence-corrected chi connectivity index (χ2v) is 6.76. The fourth-order valence-electron chi connectivity index (χ4n) is 2.05. The highest BCUT2D eigenvalue weighted by atomic mass is 127. The summed E-state index contributed by atoms with van der Waals surface area (Å²) in [6.07, 6.45) is 0. The highest BCUT2D eigenvalue weighted by molar-refractivity contribution is 14.0. The summed E-state index contributed by atoms with van der Waals surface area (Å²) in [5.41, 5.74) is 0.846. The number of halogens is 1. The van der Waals surface area contributed by atoms with Gasteiger partial charge in [-0.2, -0.15) is 0 Å². The maximum Gasteiger partial charge on any atom is 0.210 e. The van der Waals surface area contributed by atoms with Crippen LogP contribution in [0.3, 0.4) is 0 Å². The van der Waals surface area contributed by atoms with Gasteiger partial charge in [-0.3, -0.25) is 0 Å². The minimum absolute atomic E-state index is 0. The predicted molar refractivity (Wildman–Crippen MR) is 112 cm³/mol. The van der Waals surface area contributed by atoms with Crippen molar-refractivity contribution < 1.29 is 22.6 Å². The van der Waals surface area contributed by atoms with Gasteiger partial charge in [-0.15, -0.1) is 24.0 Å². The van der Waals surface area contributed by atoms with E-state index < -0.39 is 10.0 Å². The summed E-state index contributed by atoms with van der Waals surface area (Å²) in [5.74, 6) is 1.90. The van der Waals surface area contributed by atoms with Crippen molar-refractivity contribution in [1.82, 2.24) is 10.6 Å². The van der Waals surface area contributed by atoms with Gasteiger partial charge in [0.2, 0.25) is 15.8 Å². The van der Waals surface area contributed by atoms with E-state index in [2.05, 4.69) is 15.6 Å². The molecule has 0 aliphatic rings. The lowest BCUT2D eigenvalue weighted by atomic mass is 10.2. The highest BCUT2D eigenvalue weighted by Gasteiger charge is 2.13. The van der Waals surface area contributed by atoms with Crippen molar-refractivity contribution in [1.29, 1.82) is 0 Å². The largest absolute Gasteiger partial charge is 0.493 e. The summed E-state index contributed by atoms with van der Waals surface area (Å²) in [7, 11) is 1.11. The van der Waals surface area contributed by atoms with E-state index in [0.29, 0.717) is 36.3 Å². The quantitative estimate of drug-likeness (QED) is 0.258. The standard InChI is InChI=1S/C15H26N4O5S.HI/c1-5-17-15(18-6-7-25(16,20)21)19-10-11-8-12(22-2)14(24-4)13(9-11)23-3;/h8-9H,5-7,10H2,1-4H3,(H2,16,20,21)(H2,17,18,19);1H. The van der Waals surface area contributed by atoms with Crippen molar-refractivity contribution in [3.05, 3.63) is 17.7 Å². The number of nitrogens with two attached hydrogens (primary N) is 1. The normalized spacial score (nSPS) is 11.3. The molecule has 4 N–H and O–H groups in total. The van der Waals surface area contributed by atoms with Crippen molar-refractivity contribution in [3.8, 4) is 17.2 Å². The predicted octanol–water partition coefficient (Wildman–Crippen LogP) is 0.674. The van der Waals surface area contributed by atoms with Crippen molar-refractivity contribution >= 4 is 40.0 Å². The molecule has 0 radical (unpaired) electrons. The van der Waals surface area contributed by atoms with Gasteiger partial charge in [0, 0.05) is 13.1 Å². The zero-order chi connectivity index (χ0) is 18.9. The Morgan fingerprint density at radius 3 is 2.12 bits per heavy atom. The molecule has 150 valence electrons. The van der Waals surface area contributed by atoms with Gasteiger partial charge in [0.25, 0.3) is 0 Å². The summed E-state index contributed by atoms with van der Waals surface area (Å²) in [6.45, 7) is 3.05. The van der Waals surface area contributed by atoms with Crippen molar-refractivity contribution in [3.63, 3.8) is 0 Å². The molecule has 0 saturated carbocycles. The molecular weight excluding hydrogens is 475 g/mol. The van der Waals surface area contributed by atoms with Gasteiger partial charge in [-0.25, -0.2) is 18.5 Å². The van der Waals surface area contributed by atoms with Gasteiger partial charge in [0.05, 0.1) is 33.6 Å². The van der Waals surface area contributed by atoms with E-state index in [0.717, 1.165) is 5.56 Å². The Morgan fingerprint density at radius 1 is 1.12 bits per heavy atom. The molecule has 0 heterocycles. The van der Waals surface area contributed by atoms with Gasteiger partial charge >= 0.3 is 0 Å². The molecule has 9 nitrogen and oxygen atoms in total. The van der Waals surface area contributed by atoms with E-state index in [1.54, 1.807) is 26.4 Å². The topological polar surface area (TPSA) is 124 Å². The smallest absolute Gasteiger partial charge is 0.210 e. The Kier molecular flexibility index (Phi) is 11.3. The minimum atomic E-state index is -3.52. The number of guanidine groups is 1. The van der Waals surface area contributed by atoms with Crippen molar-refractivity contribution in [2.45, 2.75) is 13.5 Å². The van der Waals surface area contributed by atoms with Crippen LogP contribution < -0.4 is 30.0 Å². The Bertz CT molecular complexity index is 672. The van der Waals surface area contributed by atoms with Crippen LogP contribution in [0.5, 0.6) is 17.2 Å². The summed E-state index contributed by atoms with van der Waals surface area (Å²) in [5, 5.41) is 10.9. The SMILES string of the molecule is CCNC(=NCc1cc(OC)c(OC)c(OC)c1)NCCS(N)(=O)=O.I. The van der Waals surface area contributed by atoms with E-state index in [-0.39, 0.29) is 36.3 Å². The van der Waals surface area contributed by atoms with Gasteiger partial charge in [0.1, 0.15) is 0 Å². The summed E-state index contributed by atoms with van der Waals surface area (Å²) in [6, 6.07) is 3.61. The van der Waals surface area contributed by atoms with E-state index in [4.69, 9.17) is 19.3 Å². The number of benzene rings is 1. The Morgan fingerprint density at radius 2 is 1.69 bits per heavy atom. The van der Waals surface area contributed by atoms with Gasteiger partial charge in [0.15, 0.2) is 17.5 Å². The van der Waals surface area contributed by atoms with E-state index in [9.17, 15) is 8.42 Å². The monoisotopic (exact) mass is 502 g/mol. The van der Waals surface area contributed by atoms with Gasteiger partial charge < -0.3 is 24.8 Å². The molecule has 1 aromatic rings. The first kappa shape index (κ1) is 24.5. The number of hydrogen-bond donors (Lipinski definition) is 3. The second-order valence-electron chi connectivity index (χ2n) is 5.02. The molecule has 0 aliphatic heterocycles. The number of primary sulfonamides is 1. The molecule has 11 heteroatoms. The number of aliphatic imine (C=N–C) groups is 1. The minimum Gasteiger partial charge on any atom is -0.493 e. The molecule has 26 heavy (non-hydrogen) atoms. The summed E-state index contributed by atoms with van der Waals surface area (Å²) in [4.78, 5) is 4.42. The highest BCUT2D eigenvalue weighted by Crippen LogP contribution is 2.38. The second kappa shape index (κ2) is 12.0. The van der Waals surface area contributed by atoms with Crippen LogP contribution in [-0.2, 0) is 16.6 Å². The molecule has 0 saturated heterocycles. The lowest BCUT2D eigenvalue weighted by Crippen LogP contribution is -2.40. The van der Waals surface area contributed by atoms with Crippen LogP contribution in [0.15, 0.2) is 17.1 Å². The van der Waals surface area contributed by atoms with Crippen LogP contribution in [0.1, 0.15) is 12.5 Å². The Hall–Kier alpha value is -1.47. The lowest BCUT2D eigenvalue weighted by Gasteiger charge is -2.14. The van der Waals surface area contributed by atoms with Crippen molar-refractivity contribution in [2.75, 3.05) is 40.2 Å². The fraction of sp³-hybridized carbons (Fsp3) is 0.533. The Balaban J connectivity index is 0.00000625. The number of sulfonamides is 1. The number of rotatable bonds is 9. The van der Waals surface area contributed by atoms with Crippen LogP contribution in [-0.4, -0.2) is 54.5 Å². The third kappa shape index (κ3) is 8.27. The Labute approximate surface area is 171 Å². The molecule has 0 bridgehead atoms. The number of nitrogens with one attached hydrogen (secondary N) is 2.